The molecule has 3 heterocycles. The van der Waals surface area contributed by atoms with Crippen LogP contribution >= 0.6 is 0 Å². The summed E-state index contributed by atoms with van der Waals surface area (Å²) in [6.07, 6.45) is 17.0. The molecule has 1 aliphatic heterocycles. The summed E-state index contributed by atoms with van der Waals surface area (Å²) in [5, 5.41) is 0. The minimum atomic E-state index is 0.836. The van der Waals surface area contributed by atoms with E-state index in [0.717, 1.165) is 34.9 Å². The molecule has 4 heteroatoms. The zero-order valence-electron chi connectivity index (χ0n) is 15.8. The number of unbranched alkanes of at least 4 members (excludes halogenated alkanes) is 5. The number of aromatic nitrogens is 2. The molecule has 0 radical (unpaired) electrons. The molecule has 3 rings (SSSR count). The number of nitrogens with one attached hydrogen (secondary N) is 2. The number of ether oxygens (including phenoxy) is 1. The average molecular weight is 351 g/mol. The second-order valence-electron chi connectivity index (χ2n) is 6.77. The number of allylic oxidation sites excluding steroid dienone is 2. The van der Waals surface area contributed by atoms with Crippen LogP contribution in [0, 0.1) is 0 Å². The van der Waals surface area contributed by atoms with Crippen molar-refractivity contribution in [3.63, 3.8) is 0 Å². The van der Waals surface area contributed by atoms with Crippen LogP contribution in [0.25, 0.3) is 17.5 Å². The monoisotopic (exact) mass is 351 g/mol. The predicted octanol–water partition coefficient (Wildman–Crippen LogP) is 6.12. The number of nitrogens with zero attached hydrogens (tertiary/aromatic N) is 1. The molecule has 0 spiro atoms. The van der Waals surface area contributed by atoms with Gasteiger partial charge in [-0.05, 0) is 42.7 Å². The molecular weight excluding hydrogens is 322 g/mol. The summed E-state index contributed by atoms with van der Waals surface area (Å²) < 4.78 is 5.54. The Morgan fingerprint density at radius 1 is 1.12 bits per heavy atom. The summed E-state index contributed by atoms with van der Waals surface area (Å²) >= 11 is 0. The van der Waals surface area contributed by atoms with Crippen molar-refractivity contribution in [2.24, 2.45) is 4.99 Å². The Labute approximate surface area is 156 Å². The van der Waals surface area contributed by atoms with Gasteiger partial charge in [0.25, 0.3) is 0 Å². The Bertz CT molecular complexity index is 778. The highest BCUT2D eigenvalue weighted by atomic mass is 16.5. The number of aliphatic imine (C=N–C) groups is 1. The van der Waals surface area contributed by atoms with Crippen LogP contribution in [0.3, 0.4) is 0 Å². The van der Waals surface area contributed by atoms with Crippen LogP contribution in [0.15, 0.2) is 46.7 Å². The zero-order chi connectivity index (χ0) is 18.2. The van der Waals surface area contributed by atoms with Crippen LogP contribution in [0.2, 0.25) is 0 Å². The van der Waals surface area contributed by atoms with Crippen LogP contribution in [0.5, 0.6) is 5.75 Å². The van der Waals surface area contributed by atoms with E-state index in [4.69, 9.17) is 4.74 Å². The van der Waals surface area contributed by atoms with Crippen molar-refractivity contribution >= 4 is 12.3 Å². The highest BCUT2D eigenvalue weighted by molar-refractivity contribution is 5.82. The molecule has 0 unspecified atom stereocenters. The Morgan fingerprint density at radius 3 is 2.73 bits per heavy atom. The molecule has 138 valence electrons. The van der Waals surface area contributed by atoms with Gasteiger partial charge in [-0.2, -0.15) is 0 Å². The van der Waals surface area contributed by atoms with Gasteiger partial charge in [-0.3, -0.25) is 4.99 Å². The van der Waals surface area contributed by atoms with Crippen molar-refractivity contribution in [3.8, 4) is 17.1 Å². The van der Waals surface area contributed by atoms with Crippen molar-refractivity contribution in [1.29, 1.82) is 0 Å². The molecule has 2 aromatic heterocycles. The summed E-state index contributed by atoms with van der Waals surface area (Å²) in [5.74, 6) is 0.836. The second-order valence-corrected chi connectivity index (χ2v) is 6.77. The third kappa shape index (κ3) is 4.57. The van der Waals surface area contributed by atoms with E-state index in [1.807, 2.05) is 30.6 Å². The first-order valence-corrected chi connectivity index (χ1v) is 9.68. The topological polar surface area (TPSA) is 53.2 Å². The molecule has 0 aromatic carbocycles. The fourth-order valence-electron chi connectivity index (χ4n) is 3.32. The molecule has 0 saturated heterocycles. The Hall–Kier alpha value is -2.49. The minimum absolute atomic E-state index is 0.836. The normalized spacial score (nSPS) is 15.0. The van der Waals surface area contributed by atoms with Crippen LogP contribution in [-0.4, -0.2) is 23.3 Å². The molecule has 0 amide bonds. The van der Waals surface area contributed by atoms with Gasteiger partial charge >= 0.3 is 0 Å². The summed E-state index contributed by atoms with van der Waals surface area (Å²) in [6, 6.07) is 6.05. The van der Waals surface area contributed by atoms with Crippen LogP contribution < -0.4 is 4.74 Å². The fraction of sp³-hybridized carbons (Fsp3) is 0.409. The lowest BCUT2D eigenvalue weighted by Gasteiger charge is -2.05. The zero-order valence-corrected chi connectivity index (χ0v) is 15.8. The first-order valence-electron chi connectivity index (χ1n) is 9.68. The molecule has 0 saturated carbocycles. The average Bonchev–Trinajstić information content (AvgIpc) is 3.39. The van der Waals surface area contributed by atoms with Gasteiger partial charge in [0.2, 0.25) is 0 Å². The fourth-order valence-corrected chi connectivity index (χ4v) is 3.32. The molecule has 4 nitrogen and oxygen atoms in total. The van der Waals surface area contributed by atoms with Gasteiger partial charge in [-0.15, -0.1) is 0 Å². The van der Waals surface area contributed by atoms with Crippen molar-refractivity contribution < 1.29 is 4.74 Å². The van der Waals surface area contributed by atoms with E-state index in [2.05, 4.69) is 34.0 Å². The molecule has 1 aliphatic rings. The SMILES string of the molecule is CCCCCCCCC1=CC=NC1=Cc1[nH]c(-c2ccc[nH]2)cc1OC. The maximum absolute atomic E-state index is 5.54. The molecule has 0 atom stereocenters. The standard InChI is InChI=1S/C22H29N3O/c1-3-4-5-6-7-8-10-17-12-14-24-19(17)15-21-22(26-2)16-20(25-21)18-11-9-13-23-18/h9,11-16,23,25H,3-8,10H2,1-2H3. The number of methoxy groups -OCH3 is 1. The Balaban J connectivity index is 1.65. The van der Waals surface area contributed by atoms with Gasteiger partial charge in [-0.25, -0.2) is 0 Å². The molecule has 0 fully saturated rings. The van der Waals surface area contributed by atoms with Gasteiger partial charge < -0.3 is 14.7 Å². The van der Waals surface area contributed by atoms with Gasteiger partial charge in [-0.1, -0.05) is 39.0 Å². The maximum Gasteiger partial charge on any atom is 0.144 e. The maximum atomic E-state index is 5.54. The molecule has 2 aromatic rings. The van der Waals surface area contributed by atoms with Gasteiger partial charge in [0.05, 0.1) is 29.9 Å². The third-order valence-corrected chi connectivity index (χ3v) is 4.82. The Kier molecular flexibility index (Phi) is 6.53. The number of aromatic amines is 2. The van der Waals surface area contributed by atoms with E-state index < -0.39 is 0 Å². The summed E-state index contributed by atoms with van der Waals surface area (Å²) in [5.41, 5.74) is 5.38. The molecule has 0 bridgehead atoms. The highest BCUT2D eigenvalue weighted by Crippen LogP contribution is 2.31. The van der Waals surface area contributed by atoms with Crippen LogP contribution in [-0.2, 0) is 0 Å². The minimum Gasteiger partial charge on any atom is -0.494 e. The van der Waals surface area contributed by atoms with Crippen molar-refractivity contribution in [2.75, 3.05) is 7.11 Å². The van der Waals surface area contributed by atoms with E-state index in [1.165, 1.54) is 44.1 Å². The van der Waals surface area contributed by atoms with Crippen LogP contribution in [0.1, 0.15) is 57.6 Å². The lowest BCUT2D eigenvalue weighted by Crippen LogP contribution is -1.88. The number of hydrogen-bond donors (Lipinski definition) is 2. The highest BCUT2D eigenvalue weighted by Gasteiger charge is 2.13. The number of H-pyrrole nitrogens is 2. The summed E-state index contributed by atoms with van der Waals surface area (Å²) in [7, 11) is 1.70. The summed E-state index contributed by atoms with van der Waals surface area (Å²) in [4.78, 5) is 11.2. The van der Waals surface area contributed by atoms with E-state index in [1.54, 1.807) is 7.11 Å². The molecular formula is C22H29N3O. The first-order chi connectivity index (χ1) is 12.8. The van der Waals surface area contributed by atoms with E-state index in [-0.39, 0.29) is 0 Å². The number of rotatable bonds is 10. The summed E-state index contributed by atoms with van der Waals surface area (Å²) in [6.45, 7) is 2.26. The lowest BCUT2D eigenvalue weighted by molar-refractivity contribution is 0.414. The van der Waals surface area contributed by atoms with E-state index >= 15 is 0 Å². The van der Waals surface area contributed by atoms with Crippen molar-refractivity contribution in [3.05, 3.63) is 47.4 Å². The van der Waals surface area contributed by atoms with Gasteiger partial charge in [0.15, 0.2) is 0 Å². The smallest absolute Gasteiger partial charge is 0.144 e. The molecule has 26 heavy (non-hydrogen) atoms. The van der Waals surface area contributed by atoms with Gasteiger partial charge in [0, 0.05) is 18.5 Å². The van der Waals surface area contributed by atoms with Crippen LogP contribution in [0.4, 0.5) is 0 Å². The largest absolute Gasteiger partial charge is 0.494 e. The van der Waals surface area contributed by atoms with Gasteiger partial charge in [0.1, 0.15) is 5.75 Å². The quantitative estimate of drug-likeness (QED) is 0.498. The Morgan fingerprint density at radius 2 is 1.96 bits per heavy atom. The third-order valence-electron chi connectivity index (χ3n) is 4.82. The predicted molar refractivity (Wildman–Crippen MR) is 110 cm³/mol. The second kappa shape index (κ2) is 9.27. The van der Waals surface area contributed by atoms with E-state index in [9.17, 15) is 0 Å². The lowest BCUT2D eigenvalue weighted by atomic mass is 10.0. The van der Waals surface area contributed by atoms with Crippen molar-refractivity contribution in [1.82, 2.24) is 9.97 Å². The van der Waals surface area contributed by atoms with Crippen molar-refractivity contribution in [2.45, 2.75) is 51.9 Å². The first kappa shape index (κ1) is 18.3. The molecule has 0 aliphatic carbocycles. The molecule has 2 N–H and O–H groups in total. The number of hydrogen-bond acceptors (Lipinski definition) is 2. The van der Waals surface area contributed by atoms with E-state index in [0.29, 0.717) is 0 Å².